The van der Waals surface area contributed by atoms with Gasteiger partial charge in [-0.3, -0.25) is 14.5 Å². The molecule has 192 valence electrons. The number of nitrogens with one attached hydrogen (secondary N) is 1. The maximum absolute atomic E-state index is 12.6. The van der Waals surface area contributed by atoms with Gasteiger partial charge in [-0.05, 0) is 0 Å². The lowest BCUT2D eigenvalue weighted by atomic mass is 9.80. The monoisotopic (exact) mass is 547 g/mol. The van der Waals surface area contributed by atoms with E-state index in [1.807, 2.05) is 96.5 Å². The number of amides is 2. The Labute approximate surface area is 228 Å². The van der Waals surface area contributed by atoms with Crippen LogP contribution in [0, 0.1) is 0 Å². The lowest BCUT2D eigenvalue weighted by Crippen LogP contribution is -2.54. The van der Waals surface area contributed by atoms with Gasteiger partial charge in [0.15, 0.2) is 0 Å². The van der Waals surface area contributed by atoms with Crippen LogP contribution >= 0.6 is 23.4 Å². The fraction of sp³-hybridized carbons (Fsp3) is 0.143. The van der Waals surface area contributed by atoms with E-state index in [9.17, 15) is 14.4 Å². The molecular weight excluding hydrogens is 526 g/mol. The summed E-state index contributed by atoms with van der Waals surface area (Å²) in [6, 6.07) is 28.6. The van der Waals surface area contributed by atoms with E-state index in [1.54, 1.807) is 0 Å². The smallest absolute Gasteiger partial charge is 0.374 e. The van der Waals surface area contributed by atoms with Crippen LogP contribution in [0.15, 0.2) is 107 Å². The average Bonchev–Trinajstić information content (AvgIpc) is 2.96. The Kier molecular flexibility index (Phi) is 7.48. The number of oxime groups is 1. The average molecular weight is 548 g/mol. The summed E-state index contributed by atoms with van der Waals surface area (Å²) in [5.74, 6) is -1.62. The summed E-state index contributed by atoms with van der Waals surface area (Å²) in [6.45, 7) is 0. The lowest BCUT2D eigenvalue weighted by molar-refractivity contribution is -0.157. The van der Waals surface area contributed by atoms with Crippen molar-refractivity contribution >= 4 is 47.4 Å². The number of hydrogen-bond donors (Lipinski definition) is 1. The molecule has 0 aliphatic carbocycles. The fourth-order valence-electron chi connectivity index (χ4n) is 4.37. The van der Waals surface area contributed by atoms with Gasteiger partial charge in [-0.25, -0.2) is 4.79 Å². The van der Waals surface area contributed by atoms with Crippen LogP contribution in [-0.4, -0.2) is 40.0 Å². The van der Waals surface area contributed by atoms with E-state index in [2.05, 4.69) is 5.16 Å². The first-order chi connectivity index (χ1) is 18.5. The van der Waals surface area contributed by atoms with Crippen molar-refractivity contribution in [2.24, 2.45) is 5.16 Å². The Hall–Kier alpha value is -4.08. The van der Waals surface area contributed by atoms with Crippen molar-refractivity contribution in [3.8, 4) is 0 Å². The molecule has 3 aromatic rings. The summed E-state index contributed by atoms with van der Waals surface area (Å²) in [7, 11) is 0. The number of carbonyl (C=O) groups excluding carboxylic acids is 3. The molecule has 2 amide bonds. The number of fused-ring (bicyclic) bond motifs is 1. The highest BCUT2D eigenvalue weighted by Gasteiger charge is 2.46. The molecule has 5 rings (SSSR count). The van der Waals surface area contributed by atoms with Crippen LogP contribution < -0.4 is 5.48 Å². The summed E-state index contributed by atoms with van der Waals surface area (Å²) in [5, 5.41) is 4.03. The Bertz CT molecular complexity index is 1300. The number of hydrogen-bond acceptors (Lipinski definition) is 7. The first-order valence-corrected chi connectivity index (χ1v) is 13.1. The Morgan fingerprint density at radius 3 is 1.97 bits per heavy atom. The first-order valence-electron chi connectivity index (χ1n) is 11.7. The zero-order valence-corrected chi connectivity index (χ0v) is 21.5. The van der Waals surface area contributed by atoms with Gasteiger partial charge in [0.05, 0.1) is 16.8 Å². The molecule has 0 unspecified atom stereocenters. The van der Waals surface area contributed by atoms with E-state index in [-0.39, 0.29) is 22.0 Å². The van der Waals surface area contributed by atoms with Crippen molar-refractivity contribution in [1.82, 2.24) is 10.4 Å². The van der Waals surface area contributed by atoms with Crippen LogP contribution in [0.5, 0.6) is 0 Å². The number of benzene rings is 3. The van der Waals surface area contributed by atoms with E-state index in [0.717, 1.165) is 22.9 Å². The molecule has 1 N–H and O–H groups in total. The minimum atomic E-state index is -1.16. The molecule has 0 spiro atoms. The summed E-state index contributed by atoms with van der Waals surface area (Å²) in [5.41, 5.74) is 3.20. The highest BCUT2D eigenvalue weighted by atomic mass is 35.5. The van der Waals surface area contributed by atoms with E-state index in [1.165, 1.54) is 16.7 Å². The van der Waals surface area contributed by atoms with Crippen LogP contribution in [0.25, 0.3) is 0 Å². The van der Waals surface area contributed by atoms with Crippen molar-refractivity contribution in [1.29, 1.82) is 0 Å². The molecule has 3 aromatic carbocycles. The Morgan fingerprint density at radius 2 is 1.47 bits per heavy atom. The van der Waals surface area contributed by atoms with Crippen LogP contribution in [0.1, 0.15) is 23.1 Å². The van der Waals surface area contributed by atoms with Crippen molar-refractivity contribution in [2.45, 2.75) is 17.4 Å². The zero-order valence-electron chi connectivity index (χ0n) is 20.0. The van der Waals surface area contributed by atoms with E-state index in [4.69, 9.17) is 21.3 Å². The van der Waals surface area contributed by atoms with Gasteiger partial charge in [0.25, 0.3) is 5.91 Å². The first kappa shape index (κ1) is 25.6. The topological polar surface area (TPSA) is 97.3 Å². The Morgan fingerprint density at radius 1 is 0.947 bits per heavy atom. The summed E-state index contributed by atoms with van der Waals surface area (Å²) >= 11 is 7.63. The maximum atomic E-state index is 12.6. The second-order valence-electron chi connectivity index (χ2n) is 8.45. The van der Waals surface area contributed by atoms with Crippen LogP contribution in [0.4, 0.5) is 0 Å². The van der Waals surface area contributed by atoms with Gasteiger partial charge in [-0.15, -0.1) is 11.8 Å². The number of β-lactam (4-membered cyclic amide) rings is 1. The molecule has 2 heterocycles. The van der Waals surface area contributed by atoms with Gasteiger partial charge in [-0.2, -0.15) is 5.48 Å². The number of halogens is 1. The standard InChI is InChI=1S/C28H22ClN3O5S/c29-22-18-38-25-16-24(34)32(25)26(22)27(35)36-31-23(33)17-30-37-28(19-10-4-1-5-11-19,20-12-6-2-7-13-20)21-14-8-3-9-15-21/h1-15,17,25H,16,18H2,(H,31,33)/t25-/m0/s1. The predicted octanol–water partition coefficient (Wildman–Crippen LogP) is 4.31. The molecule has 0 aromatic heterocycles. The van der Waals surface area contributed by atoms with Crippen molar-refractivity contribution in [3.63, 3.8) is 0 Å². The molecule has 2 aliphatic heterocycles. The molecule has 1 fully saturated rings. The van der Waals surface area contributed by atoms with E-state index in [0.29, 0.717) is 12.2 Å². The molecule has 0 saturated carbocycles. The highest BCUT2D eigenvalue weighted by molar-refractivity contribution is 8.00. The molecule has 1 atom stereocenters. The third-order valence-electron chi connectivity index (χ3n) is 6.14. The molecule has 0 bridgehead atoms. The quantitative estimate of drug-likeness (QED) is 0.205. The molecule has 8 nitrogen and oxygen atoms in total. The van der Waals surface area contributed by atoms with Gasteiger partial charge in [0.2, 0.25) is 11.5 Å². The summed E-state index contributed by atoms with van der Waals surface area (Å²) in [6.07, 6.45) is 1.20. The number of carbonyl (C=O) groups is 3. The second kappa shape index (κ2) is 11.1. The minimum Gasteiger partial charge on any atom is -0.374 e. The van der Waals surface area contributed by atoms with Gasteiger partial charge in [-0.1, -0.05) is 108 Å². The zero-order chi connectivity index (χ0) is 26.5. The fourth-order valence-corrected chi connectivity index (χ4v) is 5.83. The van der Waals surface area contributed by atoms with Crippen LogP contribution in [-0.2, 0) is 29.7 Å². The maximum Gasteiger partial charge on any atom is 0.380 e. The molecule has 0 radical (unpaired) electrons. The van der Waals surface area contributed by atoms with Gasteiger partial charge < -0.3 is 9.68 Å². The largest absolute Gasteiger partial charge is 0.380 e. The Balaban J connectivity index is 1.35. The number of rotatable bonds is 7. The predicted molar refractivity (Wildman–Crippen MR) is 144 cm³/mol. The molecule has 10 heteroatoms. The minimum absolute atomic E-state index is 0.0589. The summed E-state index contributed by atoms with van der Waals surface area (Å²) in [4.78, 5) is 49.3. The van der Waals surface area contributed by atoms with Gasteiger partial charge >= 0.3 is 5.97 Å². The molecular formula is C28H22ClN3O5S. The van der Waals surface area contributed by atoms with E-state index >= 15 is 0 Å². The summed E-state index contributed by atoms with van der Waals surface area (Å²) < 4.78 is 0. The number of nitrogens with zero attached hydrogens (tertiary/aromatic N) is 2. The second-order valence-corrected chi connectivity index (χ2v) is 10.1. The number of hydroxylamine groups is 1. The van der Waals surface area contributed by atoms with Crippen LogP contribution in [0.2, 0.25) is 0 Å². The third kappa shape index (κ3) is 4.90. The third-order valence-corrected chi connectivity index (χ3v) is 7.83. The van der Waals surface area contributed by atoms with Gasteiger partial charge in [0.1, 0.15) is 11.9 Å². The SMILES string of the molecule is O=C(C=NOC(c1ccccc1)(c1ccccc1)c1ccccc1)NOC(=O)C1=C(Cl)CS[C@H]2CC(=O)N12. The van der Waals surface area contributed by atoms with Crippen LogP contribution in [0.3, 0.4) is 0 Å². The van der Waals surface area contributed by atoms with E-state index < -0.39 is 17.5 Å². The molecule has 38 heavy (non-hydrogen) atoms. The molecule has 1 saturated heterocycles. The van der Waals surface area contributed by atoms with Crippen molar-refractivity contribution < 1.29 is 24.1 Å². The molecule has 2 aliphatic rings. The lowest BCUT2D eigenvalue weighted by Gasteiger charge is -2.43. The normalized spacial score (nSPS) is 17.0. The number of thioether (sulfide) groups is 1. The van der Waals surface area contributed by atoms with Crippen molar-refractivity contribution in [3.05, 3.63) is 118 Å². The van der Waals surface area contributed by atoms with Crippen molar-refractivity contribution in [2.75, 3.05) is 5.75 Å². The van der Waals surface area contributed by atoms with Gasteiger partial charge in [0, 0.05) is 22.4 Å². The highest BCUT2D eigenvalue weighted by Crippen LogP contribution is 2.42.